The predicted octanol–water partition coefficient (Wildman–Crippen LogP) is 1.09. The largest absolute Gasteiger partial charge is 0.466 e. The van der Waals surface area contributed by atoms with Crippen molar-refractivity contribution in [2.75, 3.05) is 19.0 Å². The quantitative estimate of drug-likeness (QED) is 0.777. The first kappa shape index (κ1) is 17.5. The summed E-state index contributed by atoms with van der Waals surface area (Å²) in [6.07, 6.45) is 0. The molecule has 0 radical (unpaired) electrons. The van der Waals surface area contributed by atoms with Gasteiger partial charge in [-0.3, -0.25) is 4.79 Å². The number of carbonyl (C=O) groups excluding carboxylic acids is 3. The molecule has 0 saturated carbocycles. The number of allylic oxidation sites excluding steroid dienone is 1. The van der Waals surface area contributed by atoms with Gasteiger partial charge in [0.25, 0.3) is 0 Å². The lowest BCUT2D eigenvalue weighted by molar-refractivity contribution is -0.142. The lowest BCUT2D eigenvalue weighted by atomic mass is 9.67. The van der Waals surface area contributed by atoms with Crippen LogP contribution in [0.4, 0.5) is 5.69 Å². The van der Waals surface area contributed by atoms with Crippen LogP contribution in [0.3, 0.4) is 0 Å². The Hall–Kier alpha value is -3.29. The fourth-order valence-electron chi connectivity index (χ4n) is 3.45. The highest BCUT2D eigenvalue weighted by atomic mass is 16.5. The summed E-state index contributed by atoms with van der Waals surface area (Å²) in [5, 5.41) is 2.70. The number of hydrogen-bond acceptors (Lipinski definition) is 7. The van der Waals surface area contributed by atoms with Crippen molar-refractivity contribution in [1.82, 2.24) is 0 Å². The molecule has 3 N–H and O–H groups in total. The van der Waals surface area contributed by atoms with E-state index >= 15 is 0 Å². The van der Waals surface area contributed by atoms with Gasteiger partial charge in [0.05, 0.1) is 13.7 Å². The minimum absolute atomic E-state index is 0.0607. The van der Waals surface area contributed by atoms with Crippen LogP contribution in [0, 0.1) is 0 Å². The van der Waals surface area contributed by atoms with E-state index in [9.17, 15) is 14.4 Å². The number of esters is 2. The van der Waals surface area contributed by atoms with Crippen molar-refractivity contribution in [2.45, 2.75) is 19.3 Å². The number of methoxy groups -OCH3 is 1. The van der Waals surface area contributed by atoms with Crippen LogP contribution in [-0.4, -0.2) is 31.6 Å². The molecule has 8 nitrogen and oxygen atoms in total. The Kier molecular flexibility index (Phi) is 4.19. The maximum absolute atomic E-state index is 13.1. The Bertz CT molecular complexity index is 885. The molecule has 3 rings (SSSR count). The minimum Gasteiger partial charge on any atom is -0.466 e. The minimum atomic E-state index is -1.80. The third-order valence-corrected chi connectivity index (χ3v) is 4.40. The number of hydrogen-bond donors (Lipinski definition) is 2. The van der Waals surface area contributed by atoms with Gasteiger partial charge in [-0.05, 0) is 19.9 Å². The summed E-state index contributed by atoms with van der Waals surface area (Å²) in [4.78, 5) is 38.4. The van der Waals surface area contributed by atoms with Crippen molar-refractivity contribution < 1.29 is 28.6 Å². The van der Waals surface area contributed by atoms with Gasteiger partial charge in [0.15, 0.2) is 0 Å². The van der Waals surface area contributed by atoms with E-state index < -0.39 is 23.3 Å². The fraction of sp³-hybridized carbons (Fsp3) is 0.278. The normalized spacial score (nSPS) is 21.3. The van der Waals surface area contributed by atoms with Gasteiger partial charge in [-0.1, -0.05) is 18.2 Å². The summed E-state index contributed by atoms with van der Waals surface area (Å²) in [7, 11) is 1.18. The highest BCUT2D eigenvalue weighted by Gasteiger charge is 2.61. The van der Waals surface area contributed by atoms with E-state index in [0.29, 0.717) is 11.3 Å². The summed E-state index contributed by atoms with van der Waals surface area (Å²) >= 11 is 0. The van der Waals surface area contributed by atoms with Gasteiger partial charge in [-0.25, -0.2) is 9.59 Å². The monoisotopic (exact) mass is 358 g/mol. The maximum Gasteiger partial charge on any atom is 0.341 e. The molecule has 0 unspecified atom stereocenters. The number of para-hydroxylation sites is 1. The number of amides is 1. The second-order valence-corrected chi connectivity index (χ2v) is 5.73. The molecule has 136 valence electrons. The Morgan fingerprint density at radius 3 is 2.58 bits per heavy atom. The van der Waals surface area contributed by atoms with E-state index in [1.807, 2.05) is 0 Å². The summed E-state index contributed by atoms with van der Waals surface area (Å²) in [5.41, 5.74) is 4.67. The summed E-state index contributed by atoms with van der Waals surface area (Å²) in [6.45, 7) is 3.16. The van der Waals surface area contributed by atoms with Gasteiger partial charge in [-0.2, -0.15) is 0 Å². The van der Waals surface area contributed by atoms with Gasteiger partial charge in [0.2, 0.25) is 11.8 Å². The van der Waals surface area contributed by atoms with Crippen molar-refractivity contribution >= 4 is 23.5 Å². The van der Waals surface area contributed by atoms with Crippen molar-refractivity contribution in [3.8, 4) is 0 Å². The molecule has 0 aromatic heterocycles. The average molecular weight is 358 g/mol. The number of ether oxygens (including phenoxy) is 3. The molecular weight excluding hydrogens is 340 g/mol. The summed E-state index contributed by atoms with van der Waals surface area (Å²) in [5.74, 6) is -2.46. The molecule has 8 heteroatoms. The highest BCUT2D eigenvalue weighted by Crippen LogP contribution is 2.52. The standard InChI is InChI=1S/C18H18N2O6/c1-4-25-16(22)13-14(19)26-9(2)12(15(21)24-3)18(13)10-7-5-6-8-11(10)20-17(18)23/h5-8H,4,19H2,1-3H3,(H,20,23)/t18-/m0/s1. The number of nitrogens with two attached hydrogens (primary N) is 1. The predicted molar refractivity (Wildman–Crippen MR) is 90.4 cm³/mol. The number of fused-ring (bicyclic) bond motifs is 2. The number of anilines is 1. The Morgan fingerprint density at radius 2 is 1.92 bits per heavy atom. The molecular formula is C18H18N2O6. The molecule has 1 aromatic rings. The molecule has 1 atom stereocenters. The molecule has 26 heavy (non-hydrogen) atoms. The number of carbonyl (C=O) groups is 3. The van der Waals surface area contributed by atoms with Crippen molar-refractivity contribution in [1.29, 1.82) is 0 Å². The van der Waals surface area contributed by atoms with Crippen LogP contribution in [-0.2, 0) is 34.0 Å². The van der Waals surface area contributed by atoms with Gasteiger partial charge < -0.3 is 25.3 Å². The zero-order valence-electron chi connectivity index (χ0n) is 14.5. The molecule has 0 aliphatic carbocycles. The number of benzene rings is 1. The zero-order chi connectivity index (χ0) is 19.1. The second kappa shape index (κ2) is 6.21. The molecule has 1 amide bonds. The van der Waals surface area contributed by atoms with Gasteiger partial charge in [-0.15, -0.1) is 0 Å². The van der Waals surface area contributed by atoms with Crippen molar-refractivity contribution in [3.05, 3.63) is 52.6 Å². The topological polar surface area (TPSA) is 117 Å². The van der Waals surface area contributed by atoms with E-state index in [1.165, 1.54) is 14.0 Å². The molecule has 2 aliphatic heterocycles. The fourth-order valence-corrected chi connectivity index (χ4v) is 3.45. The first-order valence-corrected chi connectivity index (χ1v) is 7.95. The van der Waals surface area contributed by atoms with Gasteiger partial charge in [0.1, 0.15) is 22.3 Å². The van der Waals surface area contributed by atoms with Crippen LogP contribution in [0.1, 0.15) is 19.4 Å². The average Bonchev–Trinajstić information content (AvgIpc) is 2.87. The molecule has 2 heterocycles. The van der Waals surface area contributed by atoms with Crippen molar-refractivity contribution in [2.24, 2.45) is 5.73 Å². The summed E-state index contributed by atoms with van der Waals surface area (Å²) < 4.78 is 15.4. The summed E-state index contributed by atoms with van der Waals surface area (Å²) in [6, 6.07) is 6.73. The molecule has 0 saturated heterocycles. The third-order valence-electron chi connectivity index (χ3n) is 4.40. The third kappa shape index (κ3) is 2.18. The smallest absolute Gasteiger partial charge is 0.341 e. The zero-order valence-corrected chi connectivity index (χ0v) is 14.5. The maximum atomic E-state index is 13.1. The van der Waals surface area contributed by atoms with Gasteiger partial charge >= 0.3 is 11.9 Å². The Morgan fingerprint density at radius 1 is 1.23 bits per heavy atom. The van der Waals surface area contributed by atoms with Crippen LogP contribution in [0.15, 0.2) is 47.1 Å². The molecule has 0 fully saturated rings. The van der Waals surface area contributed by atoms with Crippen LogP contribution >= 0.6 is 0 Å². The van der Waals surface area contributed by atoms with Crippen molar-refractivity contribution in [3.63, 3.8) is 0 Å². The lowest BCUT2D eigenvalue weighted by Crippen LogP contribution is -2.48. The van der Waals surface area contributed by atoms with E-state index in [0.717, 1.165) is 0 Å². The molecule has 1 spiro atoms. The van der Waals surface area contributed by atoms with E-state index in [1.54, 1.807) is 31.2 Å². The van der Waals surface area contributed by atoms with E-state index in [-0.39, 0.29) is 29.4 Å². The number of nitrogens with one attached hydrogen (secondary N) is 1. The highest BCUT2D eigenvalue weighted by molar-refractivity contribution is 6.21. The second-order valence-electron chi connectivity index (χ2n) is 5.73. The first-order valence-electron chi connectivity index (χ1n) is 7.95. The molecule has 1 aromatic carbocycles. The van der Waals surface area contributed by atoms with Crippen LogP contribution < -0.4 is 11.1 Å². The number of rotatable bonds is 3. The van der Waals surface area contributed by atoms with Gasteiger partial charge in [0, 0.05) is 11.3 Å². The first-order chi connectivity index (χ1) is 12.4. The van der Waals surface area contributed by atoms with Crippen LogP contribution in [0.5, 0.6) is 0 Å². The van der Waals surface area contributed by atoms with Crippen LogP contribution in [0.25, 0.3) is 0 Å². The molecule has 0 bridgehead atoms. The van der Waals surface area contributed by atoms with E-state index in [4.69, 9.17) is 19.9 Å². The Labute approximate surface area is 149 Å². The SMILES string of the molecule is CCOC(=O)C1=C(N)OC(C)=C(C(=O)OC)[C@]12C(=O)Nc1ccccc12. The van der Waals surface area contributed by atoms with Crippen LogP contribution in [0.2, 0.25) is 0 Å². The lowest BCUT2D eigenvalue weighted by Gasteiger charge is -2.35. The van der Waals surface area contributed by atoms with E-state index in [2.05, 4.69) is 5.32 Å². The molecule has 2 aliphatic rings. The Balaban J connectivity index is 2.40.